The average molecular weight is 233 g/mol. The summed E-state index contributed by atoms with van der Waals surface area (Å²) in [5.41, 5.74) is 0.989. The Morgan fingerprint density at radius 2 is 2.18 bits per heavy atom. The lowest BCUT2D eigenvalue weighted by Crippen LogP contribution is -2.45. The van der Waals surface area contributed by atoms with Crippen molar-refractivity contribution in [2.75, 3.05) is 13.7 Å². The van der Waals surface area contributed by atoms with Crippen LogP contribution in [0.3, 0.4) is 0 Å². The molecule has 0 N–H and O–H groups in total. The molecule has 1 aromatic rings. The second-order valence-corrected chi connectivity index (χ2v) is 3.82. The van der Waals surface area contributed by atoms with E-state index in [9.17, 15) is 4.79 Å². The third-order valence-electron chi connectivity index (χ3n) is 2.62. The van der Waals surface area contributed by atoms with Gasteiger partial charge in [-0.2, -0.15) is 0 Å². The van der Waals surface area contributed by atoms with Gasteiger partial charge in [0.1, 0.15) is 6.23 Å². The van der Waals surface area contributed by atoms with E-state index in [1.807, 2.05) is 30.3 Å². The molecule has 0 spiro atoms. The molecule has 0 bridgehead atoms. The van der Waals surface area contributed by atoms with E-state index in [-0.39, 0.29) is 6.23 Å². The molecule has 1 heterocycles. The molecule has 4 nitrogen and oxygen atoms in total. The summed E-state index contributed by atoms with van der Waals surface area (Å²) in [6.07, 6.45) is 3.48. The standard InChI is InChI=1S/C13H15NO3/c1-14(12-8-10-16-12)13(15)17-9-7-11-5-3-2-4-6-11/h2-7,9,12H,8,10H2,1H3. The van der Waals surface area contributed by atoms with E-state index in [2.05, 4.69) is 0 Å². The molecule has 1 atom stereocenters. The highest BCUT2D eigenvalue weighted by molar-refractivity contribution is 5.69. The van der Waals surface area contributed by atoms with Gasteiger partial charge in [0, 0.05) is 13.5 Å². The number of hydrogen-bond acceptors (Lipinski definition) is 3. The molecule has 0 radical (unpaired) electrons. The van der Waals surface area contributed by atoms with Gasteiger partial charge in [0.2, 0.25) is 0 Å². The monoisotopic (exact) mass is 233 g/mol. The van der Waals surface area contributed by atoms with Crippen LogP contribution >= 0.6 is 0 Å². The molecule has 90 valence electrons. The van der Waals surface area contributed by atoms with Crippen LogP contribution in [0.5, 0.6) is 0 Å². The van der Waals surface area contributed by atoms with Crippen LogP contribution < -0.4 is 0 Å². The molecule has 1 aliphatic heterocycles. The molecular weight excluding hydrogens is 218 g/mol. The molecule has 0 saturated carbocycles. The van der Waals surface area contributed by atoms with Crippen LogP contribution in [0.2, 0.25) is 0 Å². The van der Waals surface area contributed by atoms with E-state index in [4.69, 9.17) is 9.47 Å². The number of hydrogen-bond donors (Lipinski definition) is 0. The van der Waals surface area contributed by atoms with Gasteiger partial charge >= 0.3 is 6.09 Å². The Labute approximate surface area is 100 Å². The number of benzene rings is 1. The second-order valence-electron chi connectivity index (χ2n) is 3.82. The topological polar surface area (TPSA) is 38.8 Å². The highest BCUT2D eigenvalue weighted by Crippen LogP contribution is 2.15. The molecule has 0 aromatic heterocycles. The van der Waals surface area contributed by atoms with Crippen molar-refractivity contribution in [1.82, 2.24) is 4.90 Å². The fraction of sp³-hybridized carbons (Fsp3) is 0.308. The van der Waals surface area contributed by atoms with Crippen molar-refractivity contribution < 1.29 is 14.3 Å². The third-order valence-corrected chi connectivity index (χ3v) is 2.62. The lowest BCUT2D eigenvalue weighted by Gasteiger charge is -2.33. The Balaban J connectivity index is 1.81. The largest absolute Gasteiger partial charge is 0.418 e. The van der Waals surface area contributed by atoms with Crippen molar-refractivity contribution in [3.05, 3.63) is 42.2 Å². The van der Waals surface area contributed by atoms with Crippen molar-refractivity contribution >= 4 is 12.2 Å². The van der Waals surface area contributed by atoms with Crippen LogP contribution in [0.1, 0.15) is 12.0 Å². The SMILES string of the molecule is CN(C(=O)OC=Cc1ccccc1)C1CCO1. The molecule has 1 aliphatic rings. The van der Waals surface area contributed by atoms with Crippen LogP contribution in [0.25, 0.3) is 6.08 Å². The Bertz CT molecular complexity index is 398. The Hall–Kier alpha value is -1.81. The molecule has 1 unspecified atom stereocenters. The normalized spacial score (nSPS) is 18.8. The van der Waals surface area contributed by atoms with Gasteiger partial charge in [0.15, 0.2) is 0 Å². The van der Waals surface area contributed by atoms with E-state index < -0.39 is 6.09 Å². The van der Waals surface area contributed by atoms with Gasteiger partial charge in [-0.3, -0.25) is 4.90 Å². The van der Waals surface area contributed by atoms with Crippen molar-refractivity contribution in [3.63, 3.8) is 0 Å². The zero-order valence-electron chi connectivity index (χ0n) is 9.70. The number of nitrogens with zero attached hydrogens (tertiary/aromatic N) is 1. The first-order valence-electron chi connectivity index (χ1n) is 5.54. The zero-order valence-corrected chi connectivity index (χ0v) is 9.70. The first-order chi connectivity index (χ1) is 8.27. The number of amides is 1. The summed E-state index contributed by atoms with van der Waals surface area (Å²) in [5.74, 6) is 0. The number of carbonyl (C=O) groups is 1. The summed E-state index contributed by atoms with van der Waals surface area (Å²) in [7, 11) is 1.67. The molecule has 1 saturated heterocycles. The lowest BCUT2D eigenvalue weighted by atomic mass is 10.2. The Morgan fingerprint density at radius 3 is 2.76 bits per heavy atom. The van der Waals surface area contributed by atoms with Gasteiger partial charge in [-0.1, -0.05) is 30.3 Å². The third kappa shape index (κ3) is 3.07. The fourth-order valence-electron chi connectivity index (χ4n) is 1.46. The van der Waals surface area contributed by atoms with Gasteiger partial charge in [0.05, 0.1) is 12.9 Å². The number of carbonyl (C=O) groups excluding carboxylic acids is 1. The molecule has 1 fully saturated rings. The van der Waals surface area contributed by atoms with E-state index in [0.717, 1.165) is 12.0 Å². The van der Waals surface area contributed by atoms with Crippen molar-refractivity contribution in [2.45, 2.75) is 12.6 Å². The minimum Gasteiger partial charge on any atom is -0.418 e. The van der Waals surface area contributed by atoms with Crippen LogP contribution in [-0.4, -0.2) is 30.9 Å². The average Bonchev–Trinajstić information content (AvgIpc) is 2.28. The van der Waals surface area contributed by atoms with Crippen molar-refractivity contribution in [3.8, 4) is 0 Å². The Morgan fingerprint density at radius 1 is 1.47 bits per heavy atom. The molecule has 1 aromatic carbocycles. The van der Waals surface area contributed by atoms with Gasteiger partial charge in [-0.15, -0.1) is 0 Å². The smallest absolute Gasteiger partial charge is 0.416 e. The van der Waals surface area contributed by atoms with Crippen LogP contribution in [-0.2, 0) is 9.47 Å². The molecule has 1 amide bonds. The first kappa shape index (κ1) is 11.7. The predicted octanol–water partition coefficient (Wildman–Crippen LogP) is 2.47. The quantitative estimate of drug-likeness (QED) is 0.753. The van der Waals surface area contributed by atoms with Crippen molar-refractivity contribution in [1.29, 1.82) is 0 Å². The molecule has 0 aliphatic carbocycles. The lowest BCUT2D eigenvalue weighted by molar-refractivity contribution is -0.123. The zero-order chi connectivity index (χ0) is 12.1. The molecular formula is C13H15NO3. The van der Waals surface area contributed by atoms with Gasteiger partial charge < -0.3 is 9.47 Å². The van der Waals surface area contributed by atoms with Crippen LogP contribution in [0.4, 0.5) is 4.79 Å². The van der Waals surface area contributed by atoms with Crippen LogP contribution in [0, 0.1) is 0 Å². The molecule has 4 heteroatoms. The van der Waals surface area contributed by atoms with Gasteiger partial charge in [-0.05, 0) is 11.6 Å². The maximum atomic E-state index is 11.5. The summed E-state index contributed by atoms with van der Waals surface area (Å²) in [6.45, 7) is 0.710. The van der Waals surface area contributed by atoms with Crippen LogP contribution in [0.15, 0.2) is 36.6 Å². The summed E-state index contributed by atoms with van der Waals surface area (Å²) in [6, 6.07) is 9.66. The minimum atomic E-state index is -0.401. The van der Waals surface area contributed by atoms with E-state index in [0.29, 0.717) is 6.61 Å². The summed E-state index contributed by atoms with van der Waals surface area (Å²) >= 11 is 0. The van der Waals surface area contributed by atoms with E-state index in [1.165, 1.54) is 11.2 Å². The van der Waals surface area contributed by atoms with Gasteiger partial charge in [0.25, 0.3) is 0 Å². The molecule has 17 heavy (non-hydrogen) atoms. The predicted molar refractivity (Wildman–Crippen MR) is 64.1 cm³/mol. The van der Waals surface area contributed by atoms with E-state index >= 15 is 0 Å². The van der Waals surface area contributed by atoms with Crippen molar-refractivity contribution in [2.24, 2.45) is 0 Å². The maximum absolute atomic E-state index is 11.5. The number of rotatable bonds is 3. The summed E-state index contributed by atoms with van der Waals surface area (Å²) in [5, 5.41) is 0. The molecule has 2 rings (SSSR count). The summed E-state index contributed by atoms with van der Waals surface area (Å²) < 4.78 is 10.2. The fourth-order valence-corrected chi connectivity index (χ4v) is 1.46. The number of ether oxygens (including phenoxy) is 2. The first-order valence-corrected chi connectivity index (χ1v) is 5.54. The maximum Gasteiger partial charge on any atom is 0.416 e. The minimum absolute atomic E-state index is 0.132. The second kappa shape index (κ2) is 5.50. The highest BCUT2D eigenvalue weighted by atomic mass is 16.6. The Kier molecular flexibility index (Phi) is 3.77. The summed E-state index contributed by atoms with van der Waals surface area (Å²) in [4.78, 5) is 13.0. The highest BCUT2D eigenvalue weighted by Gasteiger charge is 2.27. The van der Waals surface area contributed by atoms with Gasteiger partial charge in [-0.25, -0.2) is 4.79 Å². The van der Waals surface area contributed by atoms with E-state index in [1.54, 1.807) is 13.1 Å².